The van der Waals surface area contributed by atoms with Crippen molar-refractivity contribution in [3.63, 3.8) is 0 Å². The zero-order chi connectivity index (χ0) is 12.5. The van der Waals surface area contributed by atoms with Crippen molar-refractivity contribution in [3.05, 3.63) is 35.9 Å². The number of ether oxygens (including phenoxy) is 1. The van der Waals surface area contributed by atoms with Crippen LogP contribution in [0.5, 0.6) is 0 Å². The van der Waals surface area contributed by atoms with E-state index >= 15 is 0 Å². The summed E-state index contributed by atoms with van der Waals surface area (Å²) >= 11 is 0. The molecule has 1 rings (SSSR count). The third kappa shape index (κ3) is 5.47. The molecule has 0 heterocycles. The Labute approximate surface area is 102 Å². The molecule has 0 fully saturated rings. The third-order valence-electron chi connectivity index (χ3n) is 2.49. The SMILES string of the molecule is CCC(NC)NCC(=O)OCc1ccccc1. The van der Waals surface area contributed by atoms with Crippen LogP contribution in [0.15, 0.2) is 30.3 Å². The molecule has 4 nitrogen and oxygen atoms in total. The van der Waals surface area contributed by atoms with E-state index in [2.05, 4.69) is 10.6 Å². The molecule has 0 saturated heterocycles. The largest absolute Gasteiger partial charge is 0.460 e. The highest BCUT2D eigenvalue weighted by atomic mass is 16.5. The maximum atomic E-state index is 11.4. The molecule has 0 radical (unpaired) electrons. The van der Waals surface area contributed by atoms with Crippen LogP contribution >= 0.6 is 0 Å². The Bertz CT molecular complexity index is 323. The minimum atomic E-state index is -0.234. The van der Waals surface area contributed by atoms with Gasteiger partial charge in [-0.2, -0.15) is 0 Å². The maximum absolute atomic E-state index is 11.4. The fourth-order valence-corrected chi connectivity index (χ4v) is 1.45. The lowest BCUT2D eigenvalue weighted by Crippen LogP contribution is -2.42. The van der Waals surface area contributed by atoms with E-state index in [4.69, 9.17) is 4.74 Å². The second kappa shape index (κ2) is 7.81. The second-order valence-corrected chi connectivity index (χ2v) is 3.78. The lowest BCUT2D eigenvalue weighted by atomic mass is 10.2. The van der Waals surface area contributed by atoms with E-state index in [-0.39, 0.29) is 18.7 Å². The van der Waals surface area contributed by atoms with Gasteiger partial charge >= 0.3 is 5.97 Å². The van der Waals surface area contributed by atoms with E-state index in [0.717, 1.165) is 12.0 Å². The molecule has 0 bridgehead atoms. The van der Waals surface area contributed by atoms with Crippen molar-refractivity contribution >= 4 is 5.97 Å². The Morgan fingerprint density at radius 2 is 2.06 bits per heavy atom. The van der Waals surface area contributed by atoms with Crippen LogP contribution in [0, 0.1) is 0 Å². The summed E-state index contributed by atoms with van der Waals surface area (Å²) in [7, 11) is 1.86. The van der Waals surface area contributed by atoms with E-state index in [1.54, 1.807) is 0 Å². The van der Waals surface area contributed by atoms with Gasteiger partial charge in [0.2, 0.25) is 0 Å². The Balaban J connectivity index is 2.22. The highest BCUT2D eigenvalue weighted by molar-refractivity contribution is 5.71. The molecule has 4 heteroatoms. The van der Waals surface area contributed by atoms with Crippen LogP contribution in [-0.2, 0) is 16.1 Å². The minimum Gasteiger partial charge on any atom is -0.460 e. The first kappa shape index (κ1) is 13.7. The van der Waals surface area contributed by atoms with Crippen molar-refractivity contribution in [2.45, 2.75) is 26.1 Å². The molecule has 0 aliphatic rings. The lowest BCUT2D eigenvalue weighted by molar-refractivity contribution is -0.144. The number of carbonyl (C=O) groups is 1. The zero-order valence-electron chi connectivity index (χ0n) is 10.4. The lowest BCUT2D eigenvalue weighted by Gasteiger charge is -2.15. The minimum absolute atomic E-state index is 0.152. The first-order valence-electron chi connectivity index (χ1n) is 5.86. The van der Waals surface area contributed by atoms with Gasteiger partial charge in [-0.25, -0.2) is 0 Å². The Morgan fingerprint density at radius 3 is 2.65 bits per heavy atom. The first-order chi connectivity index (χ1) is 8.26. The molecule has 94 valence electrons. The van der Waals surface area contributed by atoms with E-state index < -0.39 is 0 Å². The number of nitrogens with one attached hydrogen (secondary N) is 2. The molecule has 0 aliphatic heterocycles. The third-order valence-corrected chi connectivity index (χ3v) is 2.49. The van der Waals surface area contributed by atoms with Gasteiger partial charge in [-0.15, -0.1) is 0 Å². The van der Waals surface area contributed by atoms with E-state index in [1.165, 1.54) is 0 Å². The van der Waals surface area contributed by atoms with Crippen LogP contribution in [0.4, 0.5) is 0 Å². The number of hydrogen-bond acceptors (Lipinski definition) is 4. The summed E-state index contributed by atoms with van der Waals surface area (Å²) in [6, 6.07) is 9.66. The number of hydrogen-bond donors (Lipinski definition) is 2. The molecule has 1 unspecified atom stereocenters. The molecule has 0 amide bonds. The van der Waals surface area contributed by atoms with Gasteiger partial charge in [0.1, 0.15) is 6.61 Å². The molecule has 0 aromatic heterocycles. The molecular weight excluding hydrogens is 216 g/mol. The van der Waals surface area contributed by atoms with Crippen LogP contribution in [0.2, 0.25) is 0 Å². The predicted octanol–water partition coefficient (Wildman–Crippen LogP) is 1.27. The van der Waals surface area contributed by atoms with Gasteiger partial charge in [0, 0.05) is 0 Å². The molecule has 0 spiro atoms. The molecule has 1 aromatic rings. The van der Waals surface area contributed by atoms with Gasteiger partial charge in [-0.05, 0) is 19.0 Å². The summed E-state index contributed by atoms with van der Waals surface area (Å²) in [6.45, 7) is 2.60. The van der Waals surface area contributed by atoms with E-state index in [0.29, 0.717) is 6.61 Å². The monoisotopic (exact) mass is 236 g/mol. The molecule has 1 atom stereocenters. The Kier molecular flexibility index (Phi) is 6.29. The zero-order valence-corrected chi connectivity index (χ0v) is 10.4. The summed E-state index contributed by atoms with van der Waals surface area (Å²) in [6.07, 6.45) is 1.07. The van der Waals surface area contributed by atoms with Crippen molar-refractivity contribution in [2.24, 2.45) is 0 Å². The van der Waals surface area contributed by atoms with Gasteiger partial charge in [-0.3, -0.25) is 10.1 Å². The highest BCUT2D eigenvalue weighted by Gasteiger charge is 2.06. The fraction of sp³-hybridized carbons (Fsp3) is 0.462. The first-order valence-corrected chi connectivity index (χ1v) is 5.86. The van der Waals surface area contributed by atoms with Gasteiger partial charge in [0.25, 0.3) is 0 Å². The average molecular weight is 236 g/mol. The van der Waals surface area contributed by atoms with Crippen LogP contribution in [0.25, 0.3) is 0 Å². The molecule has 2 N–H and O–H groups in total. The van der Waals surface area contributed by atoms with Gasteiger partial charge in [0.15, 0.2) is 0 Å². The predicted molar refractivity (Wildman–Crippen MR) is 67.4 cm³/mol. The molecule has 17 heavy (non-hydrogen) atoms. The van der Waals surface area contributed by atoms with E-state index in [1.807, 2.05) is 44.3 Å². The van der Waals surface area contributed by atoms with Gasteiger partial charge in [-0.1, -0.05) is 37.3 Å². The van der Waals surface area contributed by atoms with Crippen LogP contribution in [0.1, 0.15) is 18.9 Å². The smallest absolute Gasteiger partial charge is 0.320 e. The second-order valence-electron chi connectivity index (χ2n) is 3.78. The van der Waals surface area contributed by atoms with Gasteiger partial charge in [0.05, 0.1) is 12.7 Å². The van der Waals surface area contributed by atoms with Crippen molar-refractivity contribution in [2.75, 3.05) is 13.6 Å². The number of esters is 1. The number of benzene rings is 1. The summed E-state index contributed by atoms with van der Waals surface area (Å²) in [5.74, 6) is -0.234. The van der Waals surface area contributed by atoms with Crippen molar-refractivity contribution in [3.8, 4) is 0 Å². The summed E-state index contributed by atoms with van der Waals surface area (Å²) < 4.78 is 5.14. The Morgan fingerprint density at radius 1 is 1.35 bits per heavy atom. The van der Waals surface area contributed by atoms with Crippen molar-refractivity contribution in [1.29, 1.82) is 0 Å². The molecule has 0 aliphatic carbocycles. The van der Waals surface area contributed by atoms with Crippen LogP contribution in [0.3, 0.4) is 0 Å². The summed E-state index contributed by atoms with van der Waals surface area (Å²) in [5.41, 5.74) is 1.00. The Hall–Kier alpha value is -1.39. The van der Waals surface area contributed by atoms with Crippen molar-refractivity contribution < 1.29 is 9.53 Å². The molecule has 1 aromatic carbocycles. The van der Waals surface area contributed by atoms with Crippen LogP contribution < -0.4 is 10.6 Å². The normalized spacial score (nSPS) is 12.1. The fourth-order valence-electron chi connectivity index (χ4n) is 1.45. The van der Waals surface area contributed by atoms with Crippen molar-refractivity contribution in [1.82, 2.24) is 10.6 Å². The molecular formula is C13H20N2O2. The summed E-state index contributed by atoms with van der Waals surface area (Å²) in [5, 5.41) is 6.13. The summed E-state index contributed by atoms with van der Waals surface area (Å²) in [4.78, 5) is 11.4. The number of rotatable bonds is 7. The topological polar surface area (TPSA) is 50.4 Å². The standard InChI is InChI=1S/C13H20N2O2/c1-3-12(14-2)15-9-13(16)17-10-11-7-5-4-6-8-11/h4-8,12,14-15H,3,9-10H2,1-2H3. The maximum Gasteiger partial charge on any atom is 0.320 e. The number of carbonyl (C=O) groups excluding carboxylic acids is 1. The molecule has 0 saturated carbocycles. The van der Waals surface area contributed by atoms with Crippen LogP contribution in [-0.4, -0.2) is 25.7 Å². The quantitative estimate of drug-likeness (QED) is 0.553. The van der Waals surface area contributed by atoms with E-state index in [9.17, 15) is 4.79 Å². The average Bonchev–Trinajstić information content (AvgIpc) is 2.39. The van der Waals surface area contributed by atoms with Gasteiger partial charge < -0.3 is 10.1 Å². The highest BCUT2D eigenvalue weighted by Crippen LogP contribution is 2.00.